The molecule has 16 nitrogen and oxygen atoms in total. The van der Waals surface area contributed by atoms with E-state index in [1.807, 2.05) is 0 Å². The number of esters is 3. The van der Waals surface area contributed by atoms with E-state index in [0.717, 1.165) is 0 Å². The number of aliphatic hydroxyl groups is 2. The molecule has 3 aromatic rings. The quantitative estimate of drug-likeness (QED) is 0.136. The van der Waals surface area contributed by atoms with Crippen LogP contribution in [0.1, 0.15) is 102 Å². The highest BCUT2D eigenvalue weighted by Gasteiger charge is 2.78. The van der Waals surface area contributed by atoms with Crippen molar-refractivity contribution in [1.29, 1.82) is 0 Å². The monoisotopic (exact) mass is 939 g/mol. The minimum Gasteiger partial charge on any atom is -0.497 e. The molecular formula is C52H61NO15. The Morgan fingerprint density at radius 1 is 0.868 bits per heavy atom. The average molecular weight is 940 g/mol. The fraction of sp³-hybridized carbons (Fsp3) is 0.519. The van der Waals surface area contributed by atoms with Gasteiger partial charge in [-0.3, -0.25) is 14.5 Å². The highest BCUT2D eigenvalue weighted by Crippen LogP contribution is 2.64. The Morgan fingerprint density at radius 2 is 1.50 bits per heavy atom. The van der Waals surface area contributed by atoms with Gasteiger partial charge in [0.15, 0.2) is 23.7 Å². The molecule has 0 radical (unpaired) electrons. The van der Waals surface area contributed by atoms with Gasteiger partial charge in [0.25, 0.3) is 0 Å². The first kappa shape index (κ1) is 48.8. The van der Waals surface area contributed by atoms with Crippen LogP contribution in [0, 0.1) is 16.7 Å². The predicted octanol–water partition coefficient (Wildman–Crippen LogP) is 6.37. The fourth-order valence-electron chi connectivity index (χ4n) is 11.4. The van der Waals surface area contributed by atoms with E-state index in [1.54, 1.807) is 114 Å². The normalized spacial score (nSPS) is 34.0. The van der Waals surface area contributed by atoms with Gasteiger partial charge in [0.1, 0.15) is 47.4 Å². The average Bonchev–Trinajstić information content (AvgIpc) is 3.70. The maximum Gasteiger partial charge on any atom is 0.413 e. The second kappa shape index (κ2) is 17.7. The van der Waals surface area contributed by atoms with Crippen LogP contribution >= 0.6 is 0 Å². The number of methoxy groups -OCH3 is 2. The zero-order valence-electron chi connectivity index (χ0n) is 40.0. The highest BCUT2D eigenvalue weighted by atomic mass is 16.6. The molecule has 8 rings (SSSR count). The second-order valence-corrected chi connectivity index (χ2v) is 20.2. The Hall–Kier alpha value is -5.65. The maximum atomic E-state index is 15.6. The third-order valence-corrected chi connectivity index (χ3v) is 14.9. The Morgan fingerprint density at radius 3 is 2.06 bits per heavy atom. The van der Waals surface area contributed by atoms with E-state index in [0.29, 0.717) is 22.4 Å². The molecule has 2 aliphatic heterocycles. The van der Waals surface area contributed by atoms with Gasteiger partial charge in [0.2, 0.25) is 0 Å². The molecule has 2 bridgehead atoms. The topological polar surface area (TPSA) is 203 Å². The first-order chi connectivity index (χ1) is 32.0. The number of Topliss-reactive ketones (excluding diaryl/α,β-unsaturated/α-hetero) is 1. The van der Waals surface area contributed by atoms with Crippen molar-refractivity contribution >= 4 is 29.8 Å². The van der Waals surface area contributed by atoms with Gasteiger partial charge in [-0.15, -0.1) is 0 Å². The number of ether oxygens (including phenoxy) is 8. The van der Waals surface area contributed by atoms with Crippen LogP contribution in [0.25, 0.3) is 0 Å². The van der Waals surface area contributed by atoms with Crippen LogP contribution in [-0.4, -0.2) is 119 Å². The number of carbonyl (C=O) groups is 5. The van der Waals surface area contributed by atoms with E-state index < -0.39 is 119 Å². The number of carbonyl (C=O) groups excluding carboxylic acids is 5. The van der Waals surface area contributed by atoms with Crippen LogP contribution < -0.4 is 4.74 Å². The van der Waals surface area contributed by atoms with Crippen LogP contribution in [0.3, 0.4) is 0 Å². The number of rotatable bonds is 9. The lowest BCUT2D eigenvalue weighted by Crippen LogP contribution is -2.81. The first-order valence-electron chi connectivity index (χ1n) is 22.9. The van der Waals surface area contributed by atoms with Crippen LogP contribution in [0.5, 0.6) is 5.75 Å². The van der Waals surface area contributed by atoms with Crippen molar-refractivity contribution in [2.45, 2.75) is 134 Å². The zero-order chi connectivity index (χ0) is 49.3. The Balaban J connectivity index is 1.28. The third kappa shape index (κ3) is 7.87. The molecule has 364 valence electrons. The van der Waals surface area contributed by atoms with E-state index in [4.69, 9.17) is 37.9 Å². The smallest absolute Gasteiger partial charge is 0.413 e. The summed E-state index contributed by atoms with van der Waals surface area (Å²) in [6.45, 7) is 12.7. The summed E-state index contributed by atoms with van der Waals surface area (Å²) in [5.41, 5.74) is -6.54. The molecule has 2 saturated carbocycles. The summed E-state index contributed by atoms with van der Waals surface area (Å²) < 4.78 is 49.2. The summed E-state index contributed by atoms with van der Waals surface area (Å²) in [5, 5.41) is 26.1. The minimum atomic E-state index is -2.27. The van der Waals surface area contributed by atoms with Gasteiger partial charge in [0.05, 0.1) is 36.7 Å². The lowest BCUT2D eigenvalue weighted by molar-refractivity contribution is -0.346. The van der Waals surface area contributed by atoms with Gasteiger partial charge < -0.3 is 48.1 Å². The maximum absolute atomic E-state index is 15.6. The van der Waals surface area contributed by atoms with E-state index in [-0.39, 0.29) is 24.2 Å². The highest BCUT2D eigenvalue weighted by molar-refractivity contribution is 5.94. The molecule has 2 heterocycles. The molecule has 1 amide bonds. The SMILES string of the molecule is COc1ccc(C2O[C@@H](C(=O)O[C@H]3C[C@@]4(O)[C@@H](OC(=O)c5ccccc5)C5[C@](C)(C(=O)[C@H](OC)C(=C3C)C4(C)C)[C@@H](O)C[C@H]3OC[C@@]53OC(C)=O)[C@H](c3ccccc3)N2C(=O)OC(C)(C)C)cc1. The zero-order valence-corrected chi connectivity index (χ0v) is 40.0. The summed E-state index contributed by atoms with van der Waals surface area (Å²) in [7, 11) is 2.85. The lowest BCUT2D eigenvalue weighted by atomic mass is 9.44. The molecule has 2 saturated heterocycles. The summed E-state index contributed by atoms with van der Waals surface area (Å²) in [4.78, 5) is 74.1. The molecule has 3 aliphatic carbocycles. The van der Waals surface area contributed by atoms with Crippen LogP contribution in [0.15, 0.2) is 96.1 Å². The Bertz CT molecular complexity index is 2470. The van der Waals surface area contributed by atoms with Crippen LogP contribution in [-0.2, 0) is 47.5 Å². The summed E-state index contributed by atoms with van der Waals surface area (Å²) in [6.07, 6.45) is -10.9. The van der Waals surface area contributed by atoms with Gasteiger partial charge in [-0.25, -0.2) is 14.4 Å². The van der Waals surface area contributed by atoms with Crippen molar-refractivity contribution in [3.8, 4) is 5.75 Å². The molecule has 0 spiro atoms. The third-order valence-electron chi connectivity index (χ3n) is 14.9. The van der Waals surface area contributed by atoms with E-state index in [1.165, 1.54) is 45.1 Å². The van der Waals surface area contributed by atoms with Gasteiger partial charge in [0, 0.05) is 37.9 Å². The van der Waals surface area contributed by atoms with Crippen molar-refractivity contribution in [2.75, 3.05) is 20.8 Å². The lowest BCUT2D eigenvalue weighted by Gasteiger charge is -2.67. The molecule has 3 aromatic carbocycles. The second-order valence-electron chi connectivity index (χ2n) is 20.2. The summed E-state index contributed by atoms with van der Waals surface area (Å²) in [5.74, 6) is -4.04. The number of ketones is 1. The van der Waals surface area contributed by atoms with Crippen molar-refractivity contribution < 1.29 is 72.1 Å². The predicted molar refractivity (Wildman–Crippen MR) is 242 cm³/mol. The number of nitrogens with zero attached hydrogens (tertiary/aromatic N) is 1. The summed E-state index contributed by atoms with van der Waals surface area (Å²) in [6, 6.07) is 22.6. The molecule has 2 unspecified atom stereocenters. The van der Waals surface area contributed by atoms with E-state index in [2.05, 4.69) is 0 Å². The molecule has 68 heavy (non-hydrogen) atoms. The van der Waals surface area contributed by atoms with Crippen molar-refractivity contribution in [2.24, 2.45) is 16.7 Å². The van der Waals surface area contributed by atoms with Crippen molar-refractivity contribution in [1.82, 2.24) is 4.90 Å². The number of aliphatic hydroxyl groups excluding tert-OH is 1. The fourth-order valence-corrected chi connectivity index (χ4v) is 11.4. The number of amides is 1. The van der Waals surface area contributed by atoms with Crippen molar-refractivity contribution in [3.05, 3.63) is 113 Å². The standard InChI is InChI=1S/C52H61NO15/c1-28-34(64-46(58)40-38(30-17-13-11-14-18-30)53(47(59)68-48(3,4)5)44(65-40)31-21-23-33(61-9)24-22-31)26-52(60)43(66-45(57)32-19-15-12-16-20-32)41-50(8,42(56)39(62-10)37(28)49(52,6)7)35(55)25-36-51(41,27-63-36)67-29(2)54/h11-24,34-36,38-41,43-44,55,60H,25-27H2,1-10H3/t34-,35-,36+,38-,39+,40+,41?,43-,44?,50+,51-,52+/m0/s1. The number of hydrogen-bond donors (Lipinski definition) is 2. The molecular weight excluding hydrogens is 879 g/mol. The van der Waals surface area contributed by atoms with Crippen molar-refractivity contribution in [3.63, 3.8) is 0 Å². The largest absolute Gasteiger partial charge is 0.497 e. The molecule has 0 aromatic heterocycles. The van der Waals surface area contributed by atoms with E-state index in [9.17, 15) is 24.6 Å². The van der Waals surface area contributed by atoms with Gasteiger partial charge in [-0.05, 0) is 75.6 Å². The number of hydrogen-bond acceptors (Lipinski definition) is 15. The Labute approximate surface area is 395 Å². The minimum absolute atomic E-state index is 0.120. The first-order valence-corrected chi connectivity index (χ1v) is 22.9. The van der Waals surface area contributed by atoms with Gasteiger partial charge in [-0.1, -0.05) is 74.5 Å². The Kier molecular flexibility index (Phi) is 12.7. The molecule has 5 aliphatic rings. The van der Waals surface area contributed by atoms with Gasteiger partial charge in [-0.2, -0.15) is 0 Å². The number of fused-ring (bicyclic) bond motifs is 5. The van der Waals surface area contributed by atoms with E-state index >= 15 is 9.59 Å². The molecule has 12 atom stereocenters. The van der Waals surface area contributed by atoms with Crippen LogP contribution in [0.2, 0.25) is 0 Å². The summed E-state index contributed by atoms with van der Waals surface area (Å²) >= 11 is 0. The number of benzene rings is 3. The van der Waals surface area contributed by atoms with Crippen LogP contribution in [0.4, 0.5) is 4.79 Å². The molecule has 4 fully saturated rings. The molecule has 2 N–H and O–H groups in total. The molecule has 16 heteroatoms. The van der Waals surface area contributed by atoms with Gasteiger partial charge >= 0.3 is 24.0 Å².